The van der Waals surface area contributed by atoms with Crippen molar-refractivity contribution >= 4 is 61.2 Å². The number of fused-ring (bicyclic) bond motifs is 1. The molecule has 3 aromatic rings. The van der Waals surface area contributed by atoms with Gasteiger partial charge in [-0.3, -0.25) is 9.59 Å². The third-order valence-corrected chi connectivity index (χ3v) is 6.75. The molecule has 0 aliphatic heterocycles. The first-order chi connectivity index (χ1) is 11.8. The van der Waals surface area contributed by atoms with Crippen molar-refractivity contribution in [3.05, 3.63) is 49.7 Å². The van der Waals surface area contributed by atoms with Crippen LogP contribution >= 0.6 is 34.3 Å². The number of nitrogens with one attached hydrogen (secondary N) is 1. The number of primary amides is 1. The maximum absolute atomic E-state index is 12.7. The summed E-state index contributed by atoms with van der Waals surface area (Å²) in [6.07, 6.45) is 0.680. The summed E-state index contributed by atoms with van der Waals surface area (Å²) in [5.41, 5.74) is 7.90. The highest BCUT2D eigenvalue weighted by Gasteiger charge is 2.23. The van der Waals surface area contributed by atoms with Crippen molar-refractivity contribution in [2.75, 3.05) is 5.32 Å². The minimum atomic E-state index is -0.533. The SMILES string of the molecule is CCc1c(C)sc(NC(=O)c2sc3cc(C)ccc3c2Cl)c1C(N)=O. The van der Waals surface area contributed by atoms with Crippen LogP contribution in [0.15, 0.2) is 18.2 Å². The predicted octanol–water partition coefficient (Wildman–Crippen LogP) is 5.15. The quantitative estimate of drug-likeness (QED) is 0.644. The van der Waals surface area contributed by atoms with Crippen molar-refractivity contribution in [2.45, 2.75) is 27.2 Å². The number of anilines is 1. The van der Waals surface area contributed by atoms with Crippen LogP contribution in [-0.4, -0.2) is 11.8 Å². The monoisotopic (exact) mass is 392 g/mol. The molecule has 0 saturated carbocycles. The van der Waals surface area contributed by atoms with Gasteiger partial charge in [-0.25, -0.2) is 0 Å². The molecule has 0 aliphatic rings. The van der Waals surface area contributed by atoms with E-state index in [1.165, 1.54) is 22.7 Å². The van der Waals surface area contributed by atoms with Crippen LogP contribution < -0.4 is 11.1 Å². The summed E-state index contributed by atoms with van der Waals surface area (Å²) >= 11 is 9.10. The summed E-state index contributed by atoms with van der Waals surface area (Å²) in [6.45, 7) is 5.87. The molecule has 2 heterocycles. The van der Waals surface area contributed by atoms with Gasteiger partial charge in [-0.2, -0.15) is 0 Å². The highest BCUT2D eigenvalue weighted by atomic mass is 35.5. The molecule has 1 aromatic carbocycles. The van der Waals surface area contributed by atoms with Gasteiger partial charge in [0.1, 0.15) is 9.88 Å². The van der Waals surface area contributed by atoms with E-state index in [2.05, 4.69) is 5.32 Å². The van der Waals surface area contributed by atoms with Gasteiger partial charge in [0.05, 0.1) is 10.6 Å². The molecule has 0 aliphatic carbocycles. The Morgan fingerprint density at radius 1 is 1.24 bits per heavy atom. The van der Waals surface area contributed by atoms with Gasteiger partial charge in [0.2, 0.25) is 0 Å². The number of rotatable bonds is 4. The highest BCUT2D eigenvalue weighted by Crippen LogP contribution is 2.38. The van der Waals surface area contributed by atoms with Crippen LogP contribution in [0.3, 0.4) is 0 Å². The number of thiophene rings is 2. The van der Waals surface area contributed by atoms with Gasteiger partial charge < -0.3 is 11.1 Å². The van der Waals surface area contributed by atoms with Crippen LogP contribution in [0.5, 0.6) is 0 Å². The fraction of sp³-hybridized carbons (Fsp3) is 0.222. The molecule has 7 heteroatoms. The van der Waals surface area contributed by atoms with E-state index in [0.29, 0.717) is 26.9 Å². The van der Waals surface area contributed by atoms with E-state index in [4.69, 9.17) is 17.3 Å². The average Bonchev–Trinajstić information content (AvgIpc) is 3.03. The van der Waals surface area contributed by atoms with Crippen LogP contribution in [-0.2, 0) is 6.42 Å². The summed E-state index contributed by atoms with van der Waals surface area (Å²) in [5, 5.41) is 4.60. The van der Waals surface area contributed by atoms with Crippen molar-refractivity contribution in [1.29, 1.82) is 0 Å². The van der Waals surface area contributed by atoms with E-state index in [1.807, 2.05) is 39.0 Å². The lowest BCUT2D eigenvalue weighted by molar-refractivity contribution is 0.100. The summed E-state index contributed by atoms with van der Waals surface area (Å²) in [6, 6.07) is 5.88. The van der Waals surface area contributed by atoms with Crippen LogP contribution in [0, 0.1) is 13.8 Å². The second-order valence-corrected chi connectivity index (χ2v) is 8.41. The molecule has 25 heavy (non-hydrogen) atoms. The maximum atomic E-state index is 12.7. The molecule has 0 fully saturated rings. The van der Waals surface area contributed by atoms with E-state index in [0.717, 1.165) is 26.1 Å². The first kappa shape index (κ1) is 17.9. The van der Waals surface area contributed by atoms with Gasteiger partial charge in [-0.05, 0) is 37.5 Å². The molecule has 0 radical (unpaired) electrons. The van der Waals surface area contributed by atoms with E-state index in [1.54, 1.807) is 0 Å². The van der Waals surface area contributed by atoms with Gasteiger partial charge in [-0.15, -0.1) is 22.7 Å². The lowest BCUT2D eigenvalue weighted by atomic mass is 10.1. The second-order valence-electron chi connectivity index (χ2n) is 5.76. The molecule has 2 aromatic heterocycles. The minimum absolute atomic E-state index is 0.324. The number of hydrogen-bond acceptors (Lipinski definition) is 4. The third kappa shape index (κ3) is 3.17. The zero-order chi connectivity index (χ0) is 18.3. The zero-order valence-corrected chi connectivity index (χ0v) is 16.4. The lowest BCUT2D eigenvalue weighted by Crippen LogP contribution is -2.17. The fourth-order valence-electron chi connectivity index (χ4n) is 2.83. The molecule has 3 N–H and O–H groups in total. The van der Waals surface area contributed by atoms with E-state index < -0.39 is 5.91 Å². The molecule has 2 amide bonds. The van der Waals surface area contributed by atoms with Crippen LogP contribution in [0.4, 0.5) is 5.00 Å². The van der Waals surface area contributed by atoms with Gasteiger partial charge in [0, 0.05) is 15.0 Å². The molecular formula is C18H17ClN2O2S2. The number of amides is 2. The van der Waals surface area contributed by atoms with Gasteiger partial charge in [0.25, 0.3) is 11.8 Å². The largest absolute Gasteiger partial charge is 0.365 e. The summed E-state index contributed by atoms with van der Waals surface area (Å²) < 4.78 is 0.960. The van der Waals surface area contributed by atoms with E-state index >= 15 is 0 Å². The Morgan fingerprint density at radius 3 is 2.60 bits per heavy atom. The average molecular weight is 393 g/mol. The molecule has 0 saturated heterocycles. The van der Waals surface area contributed by atoms with Gasteiger partial charge in [-0.1, -0.05) is 30.7 Å². The first-order valence-corrected chi connectivity index (χ1v) is 9.76. The van der Waals surface area contributed by atoms with E-state index in [-0.39, 0.29) is 5.91 Å². The number of carbonyl (C=O) groups excluding carboxylic acids is 2. The molecule has 0 spiro atoms. The molecule has 0 bridgehead atoms. The Hall–Kier alpha value is -1.89. The van der Waals surface area contributed by atoms with Gasteiger partial charge >= 0.3 is 0 Å². The Morgan fingerprint density at radius 2 is 1.96 bits per heavy atom. The third-order valence-electron chi connectivity index (χ3n) is 4.03. The predicted molar refractivity (Wildman–Crippen MR) is 106 cm³/mol. The van der Waals surface area contributed by atoms with Gasteiger partial charge in [0.15, 0.2) is 0 Å². The Balaban J connectivity index is 2.01. The molecule has 4 nitrogen and oxygen atoms in total. The zero-order valence-electron chi connectivity index (χ0n) is 14.0. The molecule has 130 valence electrons. The number of aryl methyl sites for hydroxylation is 2. The lowest BCUT2D eigenvalue weighted by Gasteiger charge is -2.05. The van der Waals surface area contributed by atoms with Crippen molar-refractivity contribution in [3.8, 4) is 0 Å². The Labute approximate surface area is 158 Å². The summed E-state index contributed by atoms with van der Waals surface area (Å²) in [4.78, 5) is 26.0. The van der Waals surface area contributed by atoms with Crippen molar-refractivity contribution in [2.24, 2.45) is 5.73 Å². The van der Waals surface area contributed by atoms with E-state index in [9.17, 15) is 9.59 Å². The summed E-state index contributed by atoms with van der Waals surface area (Å²) in [7, 11) is 0. The maximum Gasteiger partial charge on any atom is 0.267 e. The normalized spacial score (nSPS) is 11.0. The fourth-order valence-corrected chi connectivity index (χ4v) is 5.49. The molecule has 0 unspecified atom stereocenters. The van der Waals surface area contributed by atoms with Crippen LogP contribution in [0.1, 0.15) is 43.0 Å². The first-order valence-electron chi connectivity index (χ1n) is 7.75. The van der Waals surface area contributed by atoms with Crippen molar-refractivity contribution in [1.82, 2.24) is 0 Å². The number of benzene rings is 1. The van der Waals surface area contributed by atoms with Crippen LogP contribution in [0.2, 0.25) is 5.02 Å². The van der Waals surface area contributed by atoms with Crippen molar-refractivity contribution in [3.63, 3.8) is 0 Å². The van der Waals surface area contributed by atoms with Crippen LogP contribution in [0.25, 0.3) is 10.1 Å². The molecule has 3 rings (SSSR count). The Bertz CT molecular complexity index is 1000. The topological polar surface area (TPSA) is 72.2 Å². The van der Waals surface area contributed by atoms with Crippen molar-refractivity contribution < 1.29 is 9.59 Å². The number of hydrogen-bond donors (Lipinski definition) is 2. The minimum Gasteiger partial charge on any atom is -0.365 e. The number of halogens is 1. The summed E-state index contributed by atoms with van der Waals surface area (Å²) in [5.74, 6) is -0.857. The highest BCUT2D eigenvalue weighted by molar-refractivity contribution is 7.22. The molecule has 0 atom stereocenters. The Kier molecular flexibility index (Phi) is 4.86. The molecular weight excluding hydrogens is 376 g/mol. The standard InChI is InChI=1S/C18H17ClN2O2S2/c1-4-10-9(3)24-18(13(10)16(20)22)21-17(23)15-14(19)11-6-5-8(2)7-12(11)25-15/h5-7H,4H2,1-3H3,(H2,20,22)(H,21,23). The number of nitrogens with two attached hydrogens (primary N) is 1. The second kappa shape index (κ2) is 6.78. The smallest absolute Gasteiger partial charge is 0.267 e. The number of carbonyl (C=O) groups is 2.